The predicted molar refractivity (Wildman–Crippen MR) is 78.1 cm³/mol. The van der Waals surface area contributed by atoms with Crippen molar-refractivity contribution in [3.05, 3.63) is 11.9 Å². The normalized spacial score (nSPS) is 18.2. The summed E-state index contributed by atoms with van der Waals surface area (Å²) < 4.78 is 7.09. The summed E-state index contributed by atoms with van der Waals surface area (Å²) in [5, 5.41) is 4.30. The Morgan fingerprint density at radius 1 is 1.45 bits per heavy atom. The first-order chi connectivity index (χ1) is 9.55. The van der Waals surface area contributed by atoms with E-state index in [4.69, 9.17) is 10.5 Å². The standard InChI is InChI=1S/C15H25N3O2/c1-11(2)18-13(12(20-3)9-17-18)14(19)15(10-16)7-5-4-6-8-15/h9,11H,4-8,10,16H2,1-3H3. The summed E-state index contributed by atoms with van der Waals surface area (Å²) in [6, 6.07) is 0.122. The van der Waals surface area contributed by atoms with E-state index >= 15 is 0 Å². The average molecular weight is 279 g/mol. The molecule has 0 aromatic carbocycles. The quantitative estimate of drug-likeness (QED) is 0.841. The fraction of sp³-hybridized carbons (Fsp3) is 0.733. The van der Waals surface area contributed by atoms with Gasteiger partial charge in [0.15, 0.2) is 11.5 Å². The lowest BCUT2D eigenvalue weighted by molar-refractivity contribution is 0.0711. The maximum Gasteiger partial charge on any atom is 0.192 e. The number of hydrogen-bond donors (Lipinski definition) is 1. The van der Waals surface area contributed by atoms with Gasteiger partial charge in [-0.25, -0.2) is 0 Å². The SMILES string of the molecule is COc1cnn(C(C)C)c1C(=O)C1(CN)CCCCC1. The minimum atomic E-state index is -0.432. The molecule has 0 atom stereocenters. The maximum absolute atomic E-state index is 13.1. The second-order valence-electron chi connectivity index (χ2n) is 5.97. The summed E-state index contributed by atoms with van der Waals surface area (Å²) in [4.78, 5) is 13.1. The number of aromatic nitrogens is 2. The highest BCUT2D eigenvalue weighted by Gasteiger charge is 2.41. The van der Waals surface area contributed by atoms with Crippen LogP contribution >= 0.6 is 0 Å². The van der Waals surface area contributed by atoms with Crippen LogP contribution in [-0.4, -0.2) is 29.2 Å². The van der Waals surface area contributed by atoms with E-state index in [2.05, 4.69) is 5.10 Å². The molecule has 5 nitrogen and oxygen atoms in total. The van der Waals surface area contributed by atoms with E-state index in [1.807, 2.05) is 13.8 Å². The molecule has 0 aliphatic heterocycles. The lowest BCUT2D eigenvalue weighted by Crippen LogP contribution is -2.41. The Morgan fingerprint density at radius 2 is 2.10 bits per heavy atom. The number of ketones is 1. The fourth-order valence-corrected chi connectivity index (χ4v) is 3.11. The summed E-state index contributed by atoms with van der Waals surface area (Å²) in [5.41, 5.74) is 6.12. The highest BCUT2D eigenvalue weighted by Crippen LogP contribution is 2.40. The largest absolute Gasteiger partial charge is 0.493 e. The van der Waals surface area contributed by atoms with Crippen LogP contribution in [0.5, 0.6) is 5.75 Å². The Labute approximate surface area is 120 Å². The number of nitrogens with zero attached hydrogens (tertiary/aromatic N) is 2. The van der Waals surface area contributed by atoms with Gasteiger partial charge in [0.25, 0.3) is 0 Å². The molecular formula is C15H25N3O2. The number of carbonyl (C=O) groups is 1. The van der Waals surface area contributed by atoms with Gasteiger partial charge >= 0.3 is 0 Å². The van der Waals surface area contributed by atoms with E-state index < -0.39 is 5.41 Å². The topological polar surface area (TPSA) is 70.1 Å². The van der Waals surface area contributed by atoms with Gasteiger partial charge in [-0.2, -0.15) is 5.10 Å². The van der Waals surface area contributed by atoms with Crippen LogP contribution in [-0.2, 0) is 0 Å². The molecule has 2 N–H and O–H groups in total. The molecule has 1 heterocycles. The molecule has 1 aromatic heterocycles. The molecule has 0 saturated heterocycles. The minimum absolute atomic E-state index is 0.0998. The van der Waals surface area contributed by atoms with Gasteiger partial charge in [0, 0.05) is 18.0 Å². The van der Waals surface area contributed by atoms with Gasteiger partial charge in [0.1, 0.15) is 5.69 Å². The molecule has 0 bridgehead atoms. The summed E-state index contributed by atoms with van der Waals surface area (Å²) >= 11 is 0. The molecule has 1 aromatic rings. The molecule has 1 fully saturated rings. The molecule has 0 amide bonds. The molecular weight excluding hydrogens is 254 g/mol. The van der Waals surface area contributed by atoms with Crippen LogP contribution in [0.4, 0.5) is 0 Å². The van der Waals surface area contributed by atoms with Crippen LogP contribution < -0.4 is 10.5 Å². The lowest BCUT2D eigenvalue weighted by atomic mass is 9.70. The van der Waals surface area contributed by atoms with E-state index in [1.54, 1.807) is 18.0 Å². The van der Waals surface area contributed by atoms with Gasteiger partial charge in [0.2, 0.25) is 0 Å². The van der Waals surface area contributed by atoms with Crippen LogP contribution in [0.15, 0.2) is 6.20 Å². The predicted octanol–water partition coefficient (Wildman–Crippen LogP) is 2.56. The first kappa shape index (κ1) is 15.0. The third kappa shape index (κ3) is 2.46. The maximum atomic E-state index is 13.1. The minimum Gasteiger partial charge on any atom is -0.493 e. The Kier molecular flexibility index (Phi) is 4.48. The molecule has 0 radical (unpaired) electrons. The van der Waals surface area contributed by atoms with Crippen LogP contribution in [0, 0.1) is 5.41 Å². The molecule has 5 heteroatoms. The number of carbonyl (C=O) groups excluding carboxylic acids is 1. The van der Waals surface area contributed by atoms with Gasteiger partial charge < -0.3 is 10.5 Å². The Morgan fingerprint density at radius 3 is 2.60 bits per heavy atom. The highest BCUT2D eigenvalue weighted by atomic mass is 16.5. The summed E-state index contributed by atoms with van der Waals surface area (Å²) in [7, 11) is 1.58. The van der Waals surface area contributed by atoms with Crippen molar-refractivity contribution in [1.29, 1.82) is 0 Å². The number of ether oxygens (including phenoxy) is 1. The molecule has 1 aliphatic carbocycles. The first-order valence-corrected chi connectivity index (χ1v) is 7.42. The van der Waals surface area contributed by atoms with Crippen molar-refractivity contribution in [2.24, 2.45) is 11.1 Å². The van der Waals surface area contributed by atoms with Gasteiger partial charge in [-0.3, -0.25) is 9.48 Å². The van der Waals surface area contributed by atoms with Gasteiger partial charge in [-0.05, 0) is 26.7 Å². The zero-order valence-corrected chi connectivity index (χ0v) is 12.7. The zero-order chi connectivity index (χ0) is 14.8. The van der Waals surface area contributed by atoms with Crippen molar-refractivity contribution in [2.75, 3.05) is 13.7 Å². The van der Waals surface area contributed by atoms with E-state index in [0.717, 1.165) is 25.7 Å². The van der Waals surface area contributed by atoms with E-state index in [-0.39, 0.29) is 11.8 Å². The van der Waals surface area contributed by atoms with Crippen LogP contribution in [0.2, 0.25) is 0 Å². The number of nitrogens with two attached hydrogens (primary N) is 1. The molecule has 112 valence electrons. The van der Waals surface area contributed by atoms with Gasteiger partial charge in [-0.1, -0.05) is 19.3 Å². The van der Waals surface area contributed by atoms with Crippen molar-refractivity contribution in [3.63, 3.8) is 0 Å². The molecule has 1 aliphatic rings. The molecule has 1 saturated carbocycles. The molecule has 20 heavy (non-hydrogen) atoms. The number of Topliss-reactive ketones (excluding diaryl/α,β-unsaturated/α-hetero) is 1. The Bertz CT molecular complexity index is 473. The third-order valence-electron chi connectivity index (χ3n) is 4.37. The third-order valence-corrected chi connectivity index (χ3v) is 4.37. The number of rotatable bonds is 5. The molecule has 2 rings (SSSR count). The van der Waals surface area contributed by atoms with Gasteiger partial charge in [0.05, 0.1) is 13.3 Å². The average Bonchev–Trinajstić information content (AvgIpc) is 2.91. The Balaban J connectivity index is 2.43. The smallest absolute Gasteiger partial charge is 0.192 e. The van der Waals surface area contributed by atoms with Crippen molar-refractivity contribution < 1.29 is 9.53 Å². The van der Waals surface area contributed by atoms with E-state index in [9.17, 15) is 4.79 Å². The molecule has 0 unspecified atom stereocenters. The molecule has 0 spiro atoms. The number of methoxy groups -OCH3 is 1. The monoisotopic (exact) mass is 279 g/mol. The van der Waals surface area contributed by atoms with Crippen LogP contribution in [0.25, 0.3) is 0 Å². The van der Waals surface area contributed by atoms with Crippen molar-refractivity contribution in [1.82, 2.24) is 9.78 Å². The van der Waals surface area contributed by atoms with Crippen molar-refractivity contribution >= 4 is 5.78 Å². The fourth-order valence-electron chi connectivity index (χ4n) is 3.11. The van der Waals surface area contributed by atoms with Gasteiger partial charge in [-0.15, -0.1) is 0 Å². The van der Waals surface area contributed by atoms with Crippen molar-refractivity contribution in [3.8, 4) is 5.75 Å². The summed E-state index contributed by atoms with van der Waals surface area (Å²) in [5.74, 6) is 0.657. The number of hydrogen-bond acceptors (Lipinski definition) is 4. The lowest BCUT2D eigenvalue weighted by Gasteiger charge is -2.35. The van der Waals surface area contributed by atoms with Crippen LogP contribution in [0.1, 0.15) is 62.5 Å². The van der Waals surface area contributed by atoms with E-state index in [0.29, 0.717) is 18.0 Å². The summed E-state index contributed by atoms with van der Waals surface area (Å²) in [6.45, 7) is 4.43. The first-order valence-electron chi connectivity index (χ1n) is 7.42. The van der Waals surface area contributed by atoms with E-state index in [1.165, 1.54) is 6.42 Å². The second kappa shape index (κ2) is 5.95. The zero-order valence-electron chi connectivity index (χ0n) is 12.7. The Hall–Kier alpha value is -1.36. The highest BCUT2D eigenvalue weighted by molar-refractivity contribution is 6.01. The van der Waals surface area contributed by atoms with Crippen molar-refractivity contribution in [2.45, 2.75) is 52.0 Å². The summed E-state index contributed by atoms with van der Waals surface area (Å²) in [6.07, 6.45) is 6.70. The second-order valence-corrected chi connectivity index (χ2v) is 5.97. The van der Waals surface area contributed by atoms with Crippen LogP contribution in [0.3, 0.4) is 0 Å².